The van der Waals surface area contributed by atoms with Crippen molar-refractivity contribution in [3.63, 3.8) is 0 Å². The van der Waals surface area contributed by atoms with E-state index in [1.165, 1.54) is 0 Å². The predicted molar refractivity (Wildman–Crippen MR) is 146 cm³/mol. The molecule has 4 aromatic carbocycles. The number of aryl methyl sites for hydroxylation is 3. The van der Waals surface area contributed by atoms with Crippen LogP contribution in [0.2, 0.25) is 0 Å². The third kappa shape index (κ3) is 4.68. The van der Waals surface area contributed by atoms with Gasteiger partial charge < -0.3 is 14.2 Å². The summed E-state index contributed by atoms with van der Waals surface area (Å²) in [5.74, 6) is 0.222. The van der Waals surface area contributed by atoms with E-state index in [1.54, 1.807) is 19.2 Å². The second kappa shape index (κ2) is 10.3. The minimum Gasteiger partial charge on any atom is -0.497 e. The van der Waals surface area contributed by atoms with E-state index in [0.717, 1.165) is 27.4 Å². The second-order valence-corrected chi connectivity index (χ2v) is 9.22. The molecule has 0 unspecified atom stereocenters. The summed E-state index contributed by atoms with van der Waals surface area (Å²) in [4.78, 5) is 26.4. The molecule has 0 spiro atoms. The van der Waals surface area contributed by atoms with Crippen LogP contribution in [0.5, 0.6) is 11.5 Å². The molecule has 0 saturated carbocycles. The van der Waals surface area contributed by atoms with Crippen LogP contribution in [0.15, 0.2) is 84.9 Å². The summed E-state index contributed by atoms with van der Waals surface area (Å²) in [6, 6.07) is 26.2. The van der Waals surface area contributed by atoms with Gasteiger partial charge in [-0.1, -0.05) is 42.5 Å². The van der Waals surface area contributed by atoms with Crippen LogP contribution in [0.1, 0.15) is 37.4 Å². The number of hydrogen-bond donors (Lipinski definition) is 0. The van der Waals surface area contributed by atoms with Crippen LogP contribution in [0.4, 0.5) is 0 Å². The first-order chi connectivity index (χ1) is 18.4. The topological polar surface area (TPSA) is 65.7 Å². The summed E-state index contributed by atoms with van der Waals surface area (Å²) in [7, 11) is 3.58. The Morgan fingerprint density at radius 2 is 1.42 bits per heavy atom. The fraction of sp³-hybridized carbons (Fsp3) is 0.156. The van der Waals surface area contributed by atoms with Gasteiger partial charge in [0, 0.05) is 6.07 Å². The Morgan fingerprint density at radius 3 is 2.13 bits per heavy atom. The number of esters is 2. The molecule has 38 heavy (non-hydrogen) atoms. The maximum Gasteiger partial charge on any atom is 0.345 e. The molecular weight excluding hydrogens is 478 g/mol. The number of benzene rings is 4. The zero-order chi connectivity index (χ0) is 26.8. The van der Waals surface area contributed by atoms with Crippen molar-refractivity contribution in [3.05, 3.63) is 113 Å². The molecule has 190 valence electrons. The Labute approximate surface area is 221 Å². The zero-order valence-electron chi connectivity index (χ0n) is 21.8. The van der Waals surface area contributed by atoms with E-state index >= 15 is 0 Å². The SMILES string of the molecule is COc1ccc2c(C(=O)Oc3c(C)cc(C(=O)OCc4ccccc4)cc3C)c3ccccc3[n+](C)c2c1. The largest absolute Gasteiger partial charge is 0.497 e. The number of carbonyl (C=O) groups is 2. The third-order valence-electron chi connectivity index (χ3n) is 6.68. The van der Waals surface area contributed by atoms with Crippen LogP contribution in [-0.4, -0.2) is 19.0 Å². The summed E-state index contributed by atoms with van der Waals surface area (Å²) in [6.07, 6.45) is 0. The van der Waals surface area contributed by atoms with Crippen molar-refractivity contribution in [2.24, 2.45) is 7.05 Å². The number of ether oxygens (including phenoxy) is 3. The molecule has 0 radical (unpaired) electrons. The smallest absolute Gasteiger partial charge is 0.345 e. The number of methoxy groups -OCH3 is 1. The maximum absolute atomic E-state index is 13.7. The van der Waals surface area contributed by atoms with Crippen LogP contribution in [-0.2, 0) is 18.4 Å². The summed E-state index contributed by atoms with van der Waals surface area (Å²) in [6.45, 7) is 3.82. The van der Waals surface area contributed by atoms with E-state index in [0.29, 0.717) is 33.8 Å². The molecular formula is C32H28NO5+. The highest BCUT2D eigenvalue weighted by atomic mass is 16.5. The predicted octanol–water partition coefficient (Wildman–Crippen LogP) is 6.02. The summed E-state index contributed by atoms with van der Waals surface area (Å²) in [5.41, 5.74) is 4.87. The molecule has 1 aromatic heterocycles. The average molecular weight is 507 g/mol. The molecule has 0 atom stereocenters. The Morgan fingerprint density at radius 1 is 0.763 bits per heavy atom. The molecule has 0 aliphatic heterocycles. The lowest BCUT2D eigenvalue weighted by Crippen LogP contribution is -2.31. The standard InChI is InChI=1S/C32H28NO5/c1-20-16-23(31(34)37-19-22-10-6-5-7-11-22)17-21(2)30(20)38-32(35)29-25-12-8-9-13-27(25)33(3)28-18-24(36-4)14-15-26(28)29/h5-18H,19H2,1-4H3/q+1. The highest BCUT2D eigenvalue weighted by Gasteiger charge is 2.25. The van der Waals surface area contributed by atoms with Crippen LogP contribution < -0.4 is 14.0 Å². The lowest BCUT2D eigenvalue weighted by Gasteiger charge is -2.15. The monoisotopic (exact) mass is 506 g/mol. The first-order valence-corrected chi connectivity index (χ1v) is 12.3. The van der Waals surface area contributed by atoms with Gasteiger partial charge in [0.05, 0.1) is 35.1 Å². The van der Waals surface area contributed by atoms with Gasteiger partial charge in [-0.05, 0) is 60.9 Å². The van der Waals surface area contributed by atoms with E-state index in [2.05, 4.69) is 0 Å². The molecule has 6 nitrogen and oxygen atoms in total. The molecule has 5 rings (SSSR count). The molecule has 0 saturated heterocycles. The van der Waals surface area contributed by atoms with Gasteiger partial charge in [0.15, 0.2) is 0 Å². The highest BCUT2D eigenvalue weighted by Crippen LogP contribution is 2.31. The quantitative estimate of drug-likeness (QED) is 0.122. The van der Waals surface area contributed by atoms with Crippen LogP contribution in [0.3, 0.4) is 0 Å². The Kier molecular flexibility index (Phi) is 6.79. The zero-order valence-corrected chi connectivity index (χ0v) is 21.8. The molecule has 0 bridgehead atoms. The normalized spacial score (nSPS) is 10.9. The van der Waals surface area contributed by atoms with Crippen LogP contribution >= 0.6 is 0 Å². The van der Waals surface area contributed by atoms with E-state index < -0.39 is 11.9 Å². The molecule has 0 fully saturated rings. The van der Waals surface area contributed by atoms with E-state index in [-0.39, 0.29) is 6.61 Å². The fourth-order valence-corrected chi connectivity index (χ4v) is 4.78. The van der Waals surface area contributed by atoms with Gasteiger partial charge in [0.1, 0.15) is 25.2 Å². The number of hydrogen-bond acceptors (Lipinski definition) is 5. The number of pyridine rings is 1. The van der Waals surface area contributed by atoms with Gasteiger partial charge in [0.2, 0.25) is 11.0 Å². The van der Waals surface area contributed by atoms with Crippen molar-refractivity contribution in [3.8, 4) is 11.5 Å². The second-order valence-electron chi connectivity index (χ2n) is 9.22. The minimum atomic E-state index is -0.470. The Balaban J connectivity index is 1.48. The first-order valence-electron chi connectivity index (χ1n) is 12.3. The van der Waals surface area contributed by atoms with E-state index in [1.807, 2.05) is 98.3 Å². The van der Waals surface area contributed by atoms with Crippen molar-refractivity contribution >= 4 is 33.7 Å². The molecule has 5 aromatic rings. The van der Waals surface area contributed by atoms with Crippen molar-refractivity contribution in [2.75, 3.05) is 7.11 Å². The number of para-hydroxylation sites is 1. The van der Waals surface area contributed by atoms with E-state index in [4.69, 9.17) is 14.2 Å². The van der Waals surface area contributed by atoms with Crippen molar-refractivity contribution < 1.29 is 28.4 Å². The lowest BCUT2D eigenvalue weighted by atomic mass is 10.0. The van der Waals surface area contributed by atoms with Gasteiger partial charge >= 0.3 is 11.9 Å². The van der Waals surface area contributed by atoms with Gasteiger partial charge in [-0.25, -0.2) is 9.59 Å². The third-order valence-corrected chi connectivity index (χ3v) is 6.68. The molecule has 6 heteroatoms. The number of aromatic nitrogens is 1. The van der Waals surface area contributed by atoms with Gasteiger partial charge in [-0.3, -0.25) is 0 Å². The summed E-state index contributed by atoms with van der Waals surface area (Å²) < 4.78 is 18.9. The lowest BCUT2D eigenvalue weighted by molar-refractivity contribution is -0.617. The number of fused-ring (bicyclic) bond motifs is 2. The summed E-state index contributed by atoms with van der Waals surface area (Å²) in [5, 5.41) is 1.54. The van der Waals surface area contributed by atoms with Crippen LogP contribution in [0.25, 0.3) is 21.8 Å². The summed E-state index contributed by atoms with van der Waals surface area (Å²) >= 11 is 0. The van der Waals surface area contributed by atoms with Crippen molar-refractivity contribution in [1.29, 1.82) is 0 Å². The molecule has 0 amide bonds. The van der Waals surface area contributed by atoms with Gasteiger partial charge in [-0.15, -0.1) is 0 Å². The van der Waals surface area contributed by atoms with Crippen molar-refractivity contribution in [1.82, 2.24) is 0 Å². The maximum atomic E-state index is 13.7. The number of nitrogens with zero attached hydrogens (tertiary/aromatic N) is 1. The number of rotatable bonds is 6. The average Bonchev–Trinajstić information content (AvgIpc) is 2.94. The molecule has 0 aliphatic rings. The Hall–Kier alpha value is -4.71. The van der Waals surface area contributed by atoms with Gasteiger partial charge in [0.25, 0.3) is 0 Å². The molecule has 0 aliphatic carbocycles. The Bertz CT molecular complexity index is 1670. The highest BCUT2D eigenvalue weighted by molar-refractivity contribution is 6.13. The van der Waals surface area contributed by atoms with Crippen molar-refractivity contribution in [2.45, 2.75) is 20.5 Å². The minimum absolute atomic E-state index is 0.185. The van der Waals surface area contributed by atoms with E-state index in [9.17, 15) is 9.59 Å². The van der Waals surface area contributed by atoms with Crippen LogP contribution in [0, 0.1) is 13.8 Å². The fourth-order valence-electron chi connectivity index (χ4n) is 4.78. The van der Waals surface area contributed by atoms with Gasteiger partial charge in [-0.2, -0.15) is 4.57 Å². The first kappa shape index (κ1) is 25.0. The molecule has 1 heterocycles. The number of carbonyl (C=O) groups excluding carboxylic acids is 2. The molecule has 0 N–H and O–H groups in total.